The highest BCUT2D eigenvalue weighted by molar-refractivity contribution is 9.10. The number of ether oxygens (including phenoxy) is 1. The molecule has 0 saturated carbocycles. The molecule has 1 aromatic rings. The molecule has 2 rings (SSSR count). The number of hydrogen-bond acceptors (Lipinski definition) is 2. The topological polar surface area (TPSA) is 21.3 Å². The third kappa shape index (κ3) is 3.07. The van der Waals surface area contributed by atoms with Crippen molar-refractivity contribution in [3.8, 4) is 0 Å². The molecular weight excluding hydrogens is 321 g/mol. The summed E-state index contributed by atoms with van der Waals surface area (Å²) in [5.74, 6) is 0.103. The Morgan fingerprint density at radius 1 is 1.35 bits per heavy atom. The Morgan fingerprint density at radius 2 is 2.00 bits per heavy atom. The first-order valence-corrected chi connectivity index (χ1v) is 7.78. The third-order valence-corrected chi connectivity index (χ3v) is 4.77. The molecule has 20 heavy (non-hydrogen) atoms. The Labute approximate surface area is 129 Å². The van der Waals surface area contributed by atoms with Crippen molar-refractivity contribution in [2.75, 3.05) is 7.05 Å². The molecule has 0 amide bonds. The molecule has 1 saturated heterocycles. The van der Waals surface area contributed by atoms with E-state index in [0.717, 1.165) is 12.0 Å². The monoisotopic (exact) mass is 343 g/mol. The molecule has 0 spiro atoms. The molecule has 2 unspecified atom stereocenters. The van der Waals surface area contributed by atoms with Crippen LogP contribution in [0.2, 0.25) is 0 Å². The van der Waals surface area contributed by atoms with E-state index < -0.39 is 0 Å². The van der Waals surface area contributed by atoms with E-state index in [9.17, 15) is 4.39 Å². The summed E-state index contributed by atoms with van der Waals surface area (Å²) in [6.07, 6.45) is 0.973. The maximum absolute atomic E-state index is 13.4. The minimum Gasteiger partial charge on any atom is -0.369 e. The summed E-state index contributed by atoms with van der Waals surface area (Å²) in [6, 6.07) is 5.36. The van der Waals surface area contributed by atoms with Gasteiger partial charge in [-0.2, -0.15) is 0 Å². The van der Waals surface area contributed by atoms with Gasteiger partial charge in [0.05, 0.1) is 15.7 Å². The zero-order chi connectivity index (χ0) is 15.1. The molecule has 4 heteroatoms. The summed E-state index contributed by atoms with van der Waals surface area (Å²) in [7, 11) is 1.95. The van der Waals surface area contributed by atoms with Gasteiger partial charge in [-0.15, -0.1) is 0 Å². The van der Waals surface area contributed by atoms with Crippen LogP contribution in [0.15, 0.2) is 22.7 Å². The van der Waals surface area contributed by atoms with Gasteiger partial charge in [0.2, 0.25) is 0 Å². The molecule has 0 radical (unpaired) electrons. The van der Waals surface area contributed by atoms with Gasteiger partial charge in [-0.3, -0.25) is 0 Å². The van der Waals surface area contributed by atoms with Crippen molar-refractivity contribution in [3.63, 3.8) is 0 Å². The lowest BCUT2D eigenvalue weighted by molar-refractivity contribution is -0.0776. The second-order valence-corrected chi connectivity index (χ2v) is 7.57. The van der Waals surface area contributed by atoms with Gasteiger partial charge in [-0.05, 0) is 74.8 Å². The van der Waals surface area contributed by atoms with E-state index >= 15 is 0 Å². The van der Waals surface area contributed by atoms with E-state index in [0.29, 0.717) is 10.4 Å². The fourth-order valence-corrected chi connectivity index (χ4v) is 3.83. The number of rotatable bonds is 3. The molecule has 1 aromatic carbocycles. The quantitative estimate of drug-likeness (QED) is 0.875. The first kappa shape index (κ1) is 15.9. The Morgan fingerprint density at radius 3 is 2.45 bits per heavy atom. The molecule has 0 aliphatic carbocycles. The van der Waals surface area contributed by atoms with Crippen molar-refractivity contribution in [2.24, 2.45) is 5.92 Å². The second-order valence-electron chi connectivity index (χ2n) is 6.72. The van der Waals surface area contributed by atoms with Crippen LogP contribution in [-0.4, -0.2) is 18.2 Å². The van der Waals surface area contributed by atoms with Gasteiger partial charge < -0.3 is 10.1 Å². The second kappa shape index (κ2) is 5.39. The van der Waals surface area contributed by atoms with Crippen molar-refractivity contribution in [1.29, 1.82) is 0 Å². The molecular formula is C16H23BrFNO. The van der Waals surface area contributed by atoms with Gasteiger partial charge in [0, 0.05) is 12.0 Å². The standard InChI is InChI=1S/C16H23BrFNO/c1-15(2)9-11(16(3,4)20-15)14(19-5)10-6-7-13(18)12(17)8-10/h6-8,11,14,19H,9H2,1-5H3. The van der Waals surface area contributed by atoms with Crippen LogP contribution in [0.4, 0.5) is 4.39 Å². The molecule has 1 aliphatic heterocycles. The number of hydrogen-bond donors (Lipinski definition) is 1. The van der Waals surface area contributed by atoms with Crippen LogP contribution in [0, 0.1) is 11.7 Å². The fraction of sp³-hybridized carbons (Fsp3) is 0.625. The zero-order valence-corrected chi connectivity index (χ0v) is 14.3. The first-order valence-electron chi connectivity index (χ1n) is 6.99. The van der Waals surface area contributed by atoms with Gasteiger partial charge in [-0.25, -0.2) is 4.39 Å². The maximum atomic E-state index is 13.4. The Bertz CT molecular complexity index is 501. The van der Waals surface area contributed by atoms with E-state index in [1.807, 2.05) is 19.2 Å². The molecule has 112 valence electrons. The lowest BCUT2D eigenvalue weighted by atomic mass is 9.79. The smallest absolute Gasteiger partial charge is 0.137 e. The van der Waals surface area contributed by atoms with Crippen LogP contribution in [0.5, 0.6) is 0 Å². The Hall–Kier alpha value is -0.450. The zero-order valence-electron chi connectivity index (χ0n) is 12.8. The predicted octanol–water partition coefficient (Wildman–Crippen LogP) is 4.44. The molecule has 0 aromatic heterocycles. The number of benzene rings is 1. The van der Waals surface area contributed by atoms with Gasteiger partial charge in [0.25, 0.3) is 0 Å². The normalized spacial score (nSPS) is 25.6. The van der Waals surface area contributed by atoms with Gasteiger partial charge in [0.15, 0.2) is 0 Å². The predicted molar refractivity (Wildman–Crippen MR) is 83.3 cm³/mol. The van der Waals surface area contributed by atoms with Crippen LogP contribution in [0.1, 0.15) is 45.7 Å². The Kier molecular flexibility index (Phi) is 4.30. The van der Waals surface area contributed by atoms with Crippen molar-refractivity contribution < 1.29 is 9.13 Å². The largest absolute Gasteiger partial charge is 0.369 e. The number of nitrogens with one attached hydrogen (secondary N) is 1. The van der Waals surface area contributed by atoms with Crippen LogP contribution >= 0.6 is 15.9 Å². The molecule has 0 bridgehead atoms. The third-order valence-electron chi connectivity index (χ3n) is 4.16. The molecule has 2 nitrogen and oxygen atoms in total. The van der Waals surface area contributed by atoms with Gasteiger partial charge in [-0.1, -0.05) is 6.07 Å². The molecule has 1 aliphatic rings. The summed E-state index contributed by atoms with van der Waals surface area (Å²) in [5.41, 5.74) is 0.749. The lowest BCUT2D eigenvalue weighted by Gasteiger charge is -2.33. The van der Waals surface area contributed by atoms with Crippen LogP contribution in [-0.2, 0) is 4.74 Å². The summed E-state index contributed by atoms with van der Waals surface area (Å²) in [5, 5.41) is 3.38. The van der Waals surface area contributed by atoms with Crippen molar-refractivity contribution in [3.05, 3.63) is 34.1 Å². The molecule has 1 heterocycles. The molecule has 2 atom stereocenters. The van der Waals surface area contributed by atoms with Crippen molar-refractivity contribution >= 4 is 15.9 Å². The highest BCUT2D eigenvalue weighted by Crippen LogP contribution is 2.47. The summed E-state index contributed by atoms with van der Waals surface area (Å²) in [6.45, 7) is 8.52. The average Bonchev–Trinajstić information content (AvgIpc) is 2.53. The van der Waals surface area contributed by atoms with Crippen LogP contribution < -0.4 is 5.32 Å². The number of halogens is 2. The van der Waals surface area contributed by atoms with Crippen LogP contribution in [0.25, 0.3) is 0 Å². The van der Waals surface area contributed by atoms with E-state index in [1.165, 1.54) is 6.07 Å². The SMILES string of the molecule is CNC(c1ccc(F)c(Br)c1)C1CC(C)(C)OC1(C)C. The highest BCUT2D eigenvalue weighted by atomic mass is 79.9. The average molecular weight is 344 g/mol. The Balaban J connectivity index is 2.35. The molecule has 1 fully saturated rings. The fourth-order valence-electron chi connectivity index (χ4n) is 3.43. The minimum atomic E-state index is -0.231. The summed E-state index contributed by atoms with van der Waals surface area (Å²) in [4.78, 5) is 0. The van der Waals surface area contributed by atoms with Gasteiger partial charge >= 0.3 is 0 Å². The van der Waals surface area contributed by atoms with E-state index in [1.54, 1.807) is 0 Å². The first-order chi connectivity index (χ1) is 9.16. The van der Waals surface area contributed by atoms with E-state index in [4.69, 9.17) is 4.74 Å². The van der Waals surface area contributed by atoms with Gasteiger partial charge in [0.1, 0.15) is 5.82 Å². The van der Waals surface area contributed by atoms with Crippen molar-refractivity contribution in [2.45, 2.75) is 51.4 Å². The summed E-state index contributed by atoms with van der Waals surface area (Å²) < 4.78 is 20.1. The molecule has 1 N–H and O–H groups in total. The lowest BCUT2D eigenvalue weighted by Crippen LogP contribution is -2.37. The van der Waals surface area contributed by atoms with E-state index in [2.05, 4.69) is 48.9 Å². The summed E-state index contributed by atoms with van der Waals surface area (Å²) >= 11 is 3.27. The maximum Gasteiger partial charge on any atom is 0.137 e. The highest BCUT2D eigenvalue weighted by Gasteiger charge is 2.49. The van der Waals surface area contributed by atoms with Crippen LogP contribution in [0.3, 0.4) is 0 Å². The van der Waals surface area contributed by atoms with Crippen molar-refractivity contribution in [1.82, 2.24) is 5.32 Å². The minimum absolute atomic E-state index is 0.124. The van der Waals surface area contributed by atoms with E-state index in [-0.39, 0.29) is 23.1 Å².